The summed E-state index contributed by atoms with van der Waals surface area (Å²) in [6.07, 6.45) is 4.36. The number of aryl methyl sites for hydroxylation is 1. The van der Waals surface area contributed by atoms with Crippen LogP contribution in [0.3, 0.4) is 0 Å². The molecule has 1 aliphatic rings. The van der Waals surface area contributed by atoms with Crippen LogP contribution in [0, 0.1) is 12.3 Å². The summed E-state index contributed by atoms with van der Waals surface area (Å²) < 4.78 is 0. The van der Waals surface area contributed by atoms with Crippen molar-refractivity contribution in [2.24, 2.45) is 5.41 Å². The van der Waals surface area contributed by atoms with Crippen LogP contribution in [0.2, 0.25) is 0 Å². The lowest BCUT2D eigenvalue weighted by Crippen LogP contribution is -2.22. The van der Waals surface area contributed by atoms with E-state index in [9.17, 15) is 4.79 Å². The molecule has 0 amide bonds. The molecule has 1 aliphatic carbocycles. The Labute approximate surface area is 113 Å². The number of aromatic carboxylic acids is 1. The number of hydrogen-bond donors (Lipinski definition) is 2. The van der Waals surface area contributed by atoms with Gasteiger partial charge in [-0.1, -0.05) is 13.8 Å². The third kappa shape index (κ3) is 2.85. The Morgan fingerprint density at radius 2 is 1.89 bits per heavy atom. The van der Waals surface area contributed by atoms with Gasteiger partial charge >= 0.3 is 5.97 Å². The van der Waals surface area contributed by atoms with Crippen molar-refractivity contribution in [3.05, 3.63) is 17.1 Å². The van der Waals surface area contributed by atoms with E-state index >= 15 is 0 Å². The van der Waals surface area contributed by atoms with Crippen LogP contribution in [0.1, 0.15) is 67.3 Å². The molecule has 5 heteroatoms. The van der Waals surface area contributed by atoms with Gasteiger partial charge in [-0.3, -0.25) is 0 Å². The molecule has 0 unspecified atom stereocenters. The predicted molar refractivity (Wildman–Crippen MR) is 73.1 cm³/mol. The maximum Gasteiger partial charge on any atom is 0.341 e. The number of nitrogens with two attached hydrogens (primary N) is 1. The molecule has 0 radical (unpaired) electrons. The number of hydrogen-bond acceptors (Lipinski definition) is 4. The Morgan fingerprint density at radius 1 is 1.32 bits per heavy atom. The lowest BCUT2D eigenvalue weighted by Gasteiger charge is -2.33. The van der Waals surface area contributed by atoms with E-state index < -0.39 is 5.97 Å². The molecule has 5 nitrogen and oxygen atoms in total. The summed E-state index contributed by atoms with van der Waals surface area (Å²) in [4.78, 5) is 19.6. The van der Waals surface area contributed by atoms with Crippen molar-refractivity contribution in [1.29, 1.82) is 0 Å². The maximum absolute atomic E-state index is 11.1. The molecule has 1 heterocycles. The zero-order valence-corrected chi connectivity index (χ0v) is 11.7. The Balaban J connectivity index is 2.26. The van der Waals surface area contributed by atoms with Crippen LogP contribution in [0.25, 0.3) is 0 Å². The number of carbonyl (C=O) groups is 1. The van der Waals surface area contributed by atoms with Crippen LogP contribution in [-0.2, 0) is 0 Å². The molecule has 1 saturated carbocycles. The summed E-state index contributed by atoms with van der Waals surface area (Å²) in [5.41, 5.74) is 6.62. The summed E-state index contributed by atoms with van der Waals surface area (Å²) in [7, 11) is 0. The van der Waals surface area contributed by atoms with Gasteiger partial charge < -0.3 is 10.8 Å². The van der Waals surface area contributed by atoms with Gasteiger partial charge in [0.05, 0.1) is 5.69 Å². The Hall–Kier alpha value is -1.65. The van der Waals surface area contributed by atoms with Crippen LogP contribution in [0.15, 0.2) is 0 Å². The van der Waals surface area contributed by atoms with Gasteiger partial charge in [-0.15, -0.1) is 0 Å². The highest BCUT2D eigenvalue weighted by molar-refractivity contribution is 5.93. The van der Waals surface area contributed by atoms with Crippen molar-refractivity contribution in [3.63, 3.8) is 0 Å². The second-order valence-corrected chi connectivity index (χ2v) is 6.17. The second kappa shape index (κ2) is 4.79. The van der Waals surface area contributed by atoms with Crippen molar-refractivity contribution in [1.82, 2.24) is 9.97 Å². The smallest absolute Gasteiger partial charge is 0.341 e. The Morgan fingerprint density at radius 3 is 2.37 bits per heavy atom. The lowest BCUT2D eigenvalue weighted by molar-refractivity contribution is 0.0696. The highest BCUT2D eigenvalue weighted by atomic mass is 16.4. The molecule has 1 fully saturated rings. The average Bonchev–Trinajstić information content (AvgIpc) is 2.27. The number of anilines is 1. The van der Waals surface area contributed by atoms with Gasteiger partial charge in [0.1, 0.15) is 17.2 Å². The molecule has 0 saturated heterocycles. The number of carboxylic acids is 1. The van der Waals surface area contributed by atoms with E-state index in [1.807, 2.05) is 0 Å². The molecule has 0 spiro atoms. The molecule has 0 bridgehead atoms. The van der Waals surface area contributed by atoms with Crippen LogP contribution in [-0.4, -0.2) is 21.0 Å². The number of nitrogen functional groups attached to an aromatic ring is 1. The summed E-state index contributed by atoms with van der Waals surface area (Å²) in [6, 6.07) is 0. The molecule has 0 aromatic carbocycles. The molecule has 0 atom stereocenters. The summed E-state index contributed by atoms with van der Waals surface area (Å²) >= 11 is 0. The standard InChI is InChI=1S/C14H21N3O2/c1-8-10(13(18)19)11(15)17-12(16-8)9-4-6-14(2,3)7-5-9/h9H,4-7H2,1-3H3,(H,18,19)(H2,15,16,17). The minimum absolute atomic E-state index is 0.0277. The van der Waals surface area contributed by atoms with Crippen molar-refractivity contribution < 1.29 is 9.90 Å². The molecular formula is C14H21N3O2. The Bertz CT molecular complexity index is 478. The van der Waals surface area contributed by atoms with Gasteiger partial charge in [0, 0.05) is 5.92 Å². The van der Waals surface area contributed by atoms with Crippen molar-refractivity contribution in [3.8, 4) is 0 Å². The van der Waals surface area contributed by atoms with Crippen LogP contribution in [0.4, 0.5) is 5.82 Å². The normalized spacial score (nSPS) is 19.3. The van der Waals surface area contributed by atoms with Gasteiger partial charge in [0.2, 0.25) is 0 Å². The third-order valence-electron chi connectivity index (χ3n) is 4.05. The quantitative estimate of drug-likeness (QED) is 0.856. The molecule has 104 valence electrons. The Kier molecular flexibility index (Phi) is 3.47. The van der Waals surface area contributed by atoms with Gasteiger partial charge in [-0.25, -0.2) is 14.8 Å². The third-order valence-corrected chi connectivity index (χ3v) is 4.05. The van der Waals surface area contributed by atoms with Crippen LogP contribution in [0.5, 0.6) is 0 Å². The van der Waals surface area contributed by atoms with Crippen molar-refractivity contribution >= 4 is 11.8 Å². The zero-order chi connectivity index (χ0) is 14.2. The van der Waals surface area contributed by atoms with Crippen LogP contribution >= 0.6 is 0 Å². The first-order valence-corrected chi connectivity index (χ1v) is 6.67. The number of nitrogens with zero attached hydrogens (tertiary/aromatic N) is 2. The van der Waals surface area contributed by atoms with Crippen LogP contribution < -0.4 is 5.73 Å². The molecule has 1 aromatic heterocycles. The summed E-state index contributed by atoms with van der Waals surface area (Å²) in [5, 5.41) is 9.06. The molecule has 1 aromatic rings. The monoisotopic (exact) mass is 263 g/mol. The molecule has 3 N–H and O–H groups in total. The first-order valence-electron chi connectivity index (χ1n) is 6.67. The lowest BCUT2D eigenvalue weighted by atomic mass is 9.73. The van der Waals surface area contributed by atoms with E-state index in [2.05, 4.69) is 23.8 Å². The summed E-state index contributed by atoms with van der Waals surface area (Å²) in [5.74, 6) is 0.0264. The van der Waals surface area contributed by atoms with Crippen molar-refractivity contribution in [2.45, 2.75) is 52.4 Å². The molecule has 2 rings (SSSR count). The second-order valence-electron chi connectivity index (χ2n) is 6.17. The van der Waals surface area contributed by atoms with Gasteiger partial charge in [0.15, 0.2) is 0 Å². The fraction of sp³-hybridized carbons (Fsp3) is 0.643. The van der Waals surface area contributed by atoms with E-state index in [1.54, 1.807) is 6.92 Å². The minimum Gasteiger partial charge on any atom is -0.477 e. The fourth-order valence-corrected chi connectivity index (χ4v) is 2.72. The minimum atomic E-state index is -1.06. The van der Waals surface area contributed by atoms with Gasteiger partial charge in [-0.05, 0) is 38.0 Å². The van der Waals surface area contributed by atoms with Crippen molar-refractivity contribution in [2.75, 3.05) is 5.73 Å². The first-order chi connectivity index (χ1) is 8.80. The maximum atomic E-state index is 11.1. The van der Waals surface area contributed by atoms with Gasteiger partial charge in [-0.2, -0.15) is 0 Å². The molecule has 0 aliphatic heterocycles. The topological polar surface area (TPSA) is 89.1 Å². The predicted octanol–water partition coefficient (Wildman–Crippen LogP) is 2.75. The van der Waals surface area contributed by atoms with E-state index in [0.29, 0.717) is 22.9 Å². The van der Waals surface area contributed by atoms with E-state index in [1.165, 1.54) is 0 Å². The number of aromatic nitrogens is 2. The molecular weight excluding hydrogens is 242 g/mol. The summed E-state index contributed by atoms with van der Waals surface area (Å²) in [6.45, 7) is 6.23. The number of carboxylic acid groups (broad SMARTS) is 1. The zero-order valence-electron chi connectivity index (χ0n) is 11.7. The van der Waals surface area contributed by atoms with E-state index in [0.717, 1.165) is 25.7 Å². The molecule has 19 heavy (non-hydrogen) atoms. The van der Waals surface area contributed by atoms with Gasteiger partial charge in [0.25, 0.3) is 0 Å². The number of rotatable bonds is 2. The van der Waals surface area contributed by atoms with E-state index in [4.69, 9.17) is 10.8 Å². The first kappa shape index (κ1) is 13.8. The highest BCUT2D eigenvalue weighted by Crippen LogP contribution is 2.41. The fourth-order valence-electron chi connectivity index (χ4n) is 2.72. The largest absolute Gasteiger partial charge is 0.477 e. The SMILES string of the molecule is Cc1nc(C2CCC(C)(C)CC2)nc(N)c1C(=O)O. The average molecular weight is 263 g/mol. The highest BCUT2D eigenvalue weighted by Gasteiger charge is 2.30. The van der Waals surface area contributed by atoms with E-state index in [-0.39, 0.29) is 11.4 Å².